The zero-order chi connectivity index (χ0) is 4.28. The third kappa shape index (κ3) is 4.11. The van der Waals surface area contributed by atoms with Crippen molar-refractivity contribution in [1.82, 2.24) is 4.72 Å². The van der Waals surface area contributed by atoms with Crippen LogP contribution in [0, 0.1) is 0 Å². The summed E-state index contributed by atoms with van der Waals surface area (Å²) >= 11 is 0. The summed E-state index contributed by atoms with van der Waals surface area (Å²) in [5, 5.41) is 0. The molecule has 0 unspecified atom stereocenters. The van der Waals surface area contributed by atoms with E-state index in [1.54, 1.807) is 13.3 Å². The SMILES string of the molecule is CN[S@](C)=O. The Kier molecular flexibility index (Phi) is 2.41. The fraction of sp³-hybridized carbons (Fsp3) is 1.00. The molecule has 32 valence electrons. The van der Waals surface area contributed by atoms with Crippen LogP contribution in [0.5, 0.6) is 0 Å². The van der Waals surface area contributed by atoms with Gasteiger partial charge in [0.1, 0.15) is 0 Å². The second-order valence-electron chi connectivity index (χ2n) is 0.658. The van der Waals surface area contributed by atoms with Crippen LogP contribution in [0.25, 0.3) is 0 Å². The van der Waals surface area contributed by atoms with Gasteiger partial charge >= 0.3 is 0 Å². The highest BCUT2D eigenvalue weighted by molar-refractivity contribution is 7.82. The zero-order valence-corrected chi connectivity index (χ0v) is 4.13. The Bertz CT molecular complexity index is 44.9. The number of hydrogen-bond acceptors (Lipinski definition) is 1. The van der Waals surface area contributed by atoms with Crippen LogP contribution in [-0.2, 0) is 11.0 Å². The average Bonchev–Trinajstić information content (AvgIpc) is 1.38. The van der Waals surface area contributed by atoms with Gasteiger partial charge in [-0.1, -0.05) is 0 Å². The number of nitrogens with one attached hydrogen (secondary N) is 1. The molecule has 0 saturated carbocycles. The maximum Gasteiger partial charge on any atom is 0.0880 e. The Morgan fingerprint density at radius 1 is 1.80 bits per heavy atom. The predicted molar refractivity (Wildman–Crippen MR) is 23.1 cm³/mol. The molecule has 0 amide bonds. The summed E-state index contributed by atoms with van der Waals surface area (Å²) in [5.41, 5.74) is 0. The quantitative estimate of drug-likeness (QED) is 0.465. The molecular formula is C2H7NOS. The van der Waals surface area contributed by atoms with Crippen LogP contribution in [-0.4, -0.2) is 17.5 Å². The maximum atomic E-state index is 9.81. The molecule has 0 aliphatic rings. The lowest BCUT2D eigenvalue weighted by Gasteiger charge is -1.79. The van der Waals surface area contributed by atoms with E-state index in [-0.39, 0.29) is 0 Å². The van der Waals surface area contributed by atoms with E-state index in [0.717, 1.165) is 0 Å². The second kappa shape index (κ2) is 2.35. The molecule has 0 saturated heterocycles. The highest BCUT2D eigenvalue weighted by Crippen LogP contribution is 1.49. The Morgan fingerprint density at radius 2 is 2.00 bits per heavy atom. The van der Waals surface area contributed by atoms with Crippen LogP contribution in [0.3, 0.4) is 0 Å². The van der Waals surface area contributed by atoms with Gasteiger partial charge < -0.3 is 0 Å². The first-order valence-electron chi connectivity index (χ1n) is 1.28. The van der Waals surface area contributed by atoms with Crippen LogP contribution in [0.2, 0.25) is 0 Å². The predicted octanol–water partition coefficient (Wildman–Crippen LogP) is -0.501. The molecule has 0 heterocycles. The van der Waals surface area contributed by atoms with Gasteiger partial charge in [-0.25, -0.2) is 8.93 Å². The molecular weight excluding hydrogens is 86.1 g/mol. The molecule has 0 aromatic rings. The lowest BCUT2D eigenvalue weighted by Crippen LogP contribution is -2.06. The molecule has 0 fully saturated rings. The molecule has 0 aliphatic carbocycles. The van der Waals surface area contributed by atoms with Crippen LogP contribution in [0.1, 0.15) is 0 Å². The van der Waals surface area contributed by atoms with Gasteiger partial charge in [0.05, 0.1) is 11.0 Å². The van der Waals surface area contributed by atoms with Crippen LogP contribution in [0.15, 0.2) is 0 Å². The summed E-state index contributed by atoms with van der Waals surface area (Å²) in [6.07, 6.45) is 1.58. The molecule has 0 aliphatic heterocycles. The average molecular weight is 93.2 g/mol. The Balaban J connectivity index is 2.85. The van der Waals surface area contributed by atoms with Gasteiger partial charge in [-0.2, -0.15) is 0 Å². The minimum absolute atomic E-state index is 0.823. The number of rotatable bonds is 1. The van der Waals surface area contributed by atoms with E-state index in [1.165, 1.54) is 0 Å². The van der Waals surface area contributed by atoms with Gasteiger partial charge in [-0.05, 0) is 7.05 Å². The fourth-order valence-electron chi connectivity index (χ4n) is 0. The smallest absolute Gasteiger partial charge is 0.0880 e. The minimum atomic E-state index is -0.823. The van der Waals surface area contributed by atoms with Gasteiger partial charge in [0.2, 0.25) is 0 Å². The molecule has 0 spiro atoms. The first-order valence-corrected chi connectivity index (χ1v) is 2.84. The third-order valence-corrected chi connectivity index (χ3v) is 0.862. The van der Waals surface area contributed by atoms with Crippen molar-refractivity contribution in [2.75, 3.05) is 13.3 Å². The molecule has 0 aromatic heterocycles. The maximum absolute atomic E-state index is 9.81. The Hall–Kier alpha value is 0.110. The van der Waals surface area contributed by atoms with Crippen LogP contribution < -0.4 is 4.72 Å². The molecule has 0 rings (SSSR count). The third-order valence-electron chi connectivity index (χ3n) is 0.287. The molecule has 1 atom stereocenters. The Labute approximate surface area is 34.2 Å². The van der Waals surface area contributed by atoms with Crippen molar-refractivity contribution in [2.45, 2.75) is 0 Å². The van der Waals surface area contributed by atoms with Gasteiger partial charge in [0.15, 0.2) is 0 Å². The van der Waals surface area contributed by atoms with Gasteiger partial charge in [0, 0.05) is 6.26 Å². The van der Waals surface area contributed by atoms with E-state index in [2.05, 4.69) is 4.72 Å². The summed E-state index contributed by atoms with van der Waals surface area (Å²) < 4.78 is 12.3. The van der Waals surface area contributed by atoms with Crippen molar-refractivity contribution < 1.29 is 4.21 Å². The fourth-order valence-corrected chi connectivity index (χ4v) is 0. The normalized spacial score (nSPS) is 14.8. The van der Waals surface area contributed by atoms with Crippen molar-refractivity contribution in [3.63, 3.8) is 0 Å². The van der Waals surface area contributed by atoms with Crippen molar-refractivity contribution in [3.05, 3.63) is 0 Å². The van der Waals surface area contributed by atoms with E-state index in [9.17, 15) is 4.21 Å². The van der Waals surface area contributed by atoms with Crippen molar-refractivity contribution >= 4 is 11.0 Å². The summed E-state index contributed by atoms with van der Waals surface area (Å²) in [4.78, 5) is 0. The summed E-state index contributed by atoms with van der Waals surface area (Å²) in [6.45, 7) is 0. The van der Waals surface area contributed by atoms with E-state index >= 15 is 0 Å². The van der Waals surface area contributed by atoms with E-state index in [0.29, 0.717) is 0 Å². The molecule has 3 heteroatoms. The molecule has 0 aromatic carbocycles. The topological polar surface area (TPSA) is 29.1 Å². The molecule has 5 heavy (non-hydrogen) atoms. The van der Waals surface area contributed by atoms with Gasteiger partial charge in [0.25, 0.3) is 0 Å². The minimum Gasteiger partial charge on any atom is -0.243 e. The van der Waals surface area contributed by atoms with Gasteiger partial charge in [-0.3, -0.25) is 0 Å². The second-order valence-corrected chi connectivity index (χ2v) is 1.97. The molecule has 1 N–H and O–H groups in total. The van der Waals surface area contributed by atoms with Crippen molar-refractivity contribution in [3.8, 4) is 0 Å². The largest absolute Gasteiger partial charge is 0.243 e. The monoisotopic (exact) mass is 93.0 g/mol. The summed E-state index contributed by atoms with van der Waals surface area (Å²) in [5.74, 6) is 0. The molecule has 0 radical (unpaired) electrons. The molecule has 2 nitrogen and oxygen atoms in total. The van der Waals surface area contributed by atoms with E-state index < -0.39 is 11.0 Å². The highest BCUT2D eigenvalue weighted by atomic mass is 32.2. The Morgan fingerprint density at radius 3 is 2.00 bits per heavy atom. The summed E-state index contributed by atoms with van der Waals surface area (Å²) in [7, 11) is 0.826. The first-order chi connectivity index (χ1) is 2.27. The lowest BCUT2D eigenvalue weighted by atomic mass is 11.6. The standard InChI is InChI=1S/C2H7NOS/c1-3-5(2)4/h3H,1-2H3/t5-/m0/s1. The summed E-state index contributed by atoms with van der Waals surface area (Å²) in [6, 6.07) is 0. The van der Waals surface area contributed by atoms with E-state index in [1.807, 2.05) is 0 Å². The van der Waals surface area contributed by atoms with E-state index in [4.69, 9.17) is 0 Å². The van der Waals surface area contributed by atoms with Crippen molar-refractivity contribution in [1.29, 1.82) is 0 Å². The van der Waals surface area contributed by atoms with Crippen LogP contribution >= 0.6 is 0 Å². The first kappa shape index (κ1) is 5.11. The van der Waals surface area contributed by atoms with Gasteiger partial charge in [-0.15, -0.1) is 0 Å². The molecule has 0 bridgehead atoms. The number of hydrogen-bond donors (Lipinski definition) is 1. The lowest BCUT2D eigenvalue weighted by molar-refractivity contribution is 0.682. The van der Waals surface area contributed by atoms with Crippen LogP contribution in [0.4, 0.5) is 0 Å². The van der Waals surface area contributed by atoms with Crippen molar-refractivity contribution in [2.24, 2.45) is 0 Å². The highest BCUT2D eigenvalue weighted by Gasteiger charge is 1.69. The zero-order valence-electron chi connectivity index (χ0n) is 3.32.